The third kappa shape index (κ3) is 7.07. The van der Waals surface area contributed by atoms with E-state index in [9.17, 15) is 0 Å². The van der Waals surface area contributed by atoms with Crippen LogP contribution in [0.5, 0.6) is 0 Å². The van der Waals surface area contributed by atoms with Crippen molar-refractivity contribution in [1.82, 2.24) is 15.5 Å². The maximum atomic E-state index is 6.10. The Morgan fingerprint density at radius 3 is 2.93 bits per heavy atom. The lowest BCUT2D eigenvalue weighted by molar-refractivity contribution is -0.0284. The van der Waals surface area contributed by atoms with E-state index in [1.54, 1.807) is 0 Å². The Hall–Kier alpha value is -0.570. The average molecular weight is 507 g/mol. The van der Waals surface area contributed by atoms with E-state index in [-0.39, 0.29) is 30.1 Å². The summed E-state index contributed by atoms with van der Waals surface area (Å²) in [5.74, 6) is 2.05. The molecule has 1 aromatic rings. The van der Waals surface area contributed by atoms with Crippen LogP contribution in [-0.4, -0.2) is 62.8 Å². The van der Waals surface area contributed by atoms with Crippen molar-refractivity contribution in [2.24, 2.45) is 10.9 Å². The van der Waals surface area contributed by atoms with E-state index in [1.165, 1.54) is 5.56 Å². The van der Waals surface area contributed by atoms with E-state index < -0.39 is 0 Å². The molecular formula is C20H32ClIN4O. The molecule has 152 valence electrons. The van der Waals surface area contributed by atoms with Crippen molar-refractivity contribution < 1.29 is 4.74 Å². The van der Waals surface area contributed by atoms with Crippen LogP contribution >= 0.6 is 35.6 Å². The van der Waals surface area contributed by atoms with Gasteiger partial charge in [0.2, 0.25) is 0 Å². The Morgan fingerprint density at radius 2 is 2.22 bits per heavy atom. The monoisotopic (exact) mass is 506 g/mol. The summed E-state index contributed by atoms with van der Waals surface area (Å²) in [5.41, 5.74) is 1.30. The van der Waals surface area contributed by atoms with Crippen LogP contribution in [0.4, 0.5) is 0 Å². The van der Waals surface area contributed by atoms with Gasteiger partial charge >= 0.3 is 0 Å². The fourth-order valence-corrected chi connectivity index (χ4v) is 3.83. The van der Waals surface area contributed by atoms with Gasteiger partial charge in [0.15, 0.2) is 5.96 Å². The molecule has 27 heavy (non-hydrogen) atoms. The number of benzene rings is 1. The number of ether oxygens (including phenoxy) is 1. The van der Waals surface area contributed by atoms with Crippen LogP contribution in [0.25, 0.3) is 0 Å². The highest BCUT2D eigenvalue weighted by Gasteiger charge is 2.39. The first-order valence-electron chi connectivity index (χ1n) is 9.61. The number of nitrogens with one attached hydrogen (secondary N) is 2. The summed E-state index contributed by atoms with van der Waals surface area (Å²) in [5, 5.41) is 7.75. The maximum absolute atomic E-state index is 6.10. The topological polar surface area (TPSA) is 48.9 Å². The van der Waals surface area contributed by atoms with Crippen LogP contribution in [0, 0.1) is 5.92 Å². The van der Waals surface area contributed by atoms with Gasteiger partial charge in [0.25, 0.3) is 0 Å². The second-order valence-electron chi connectivity index (χ2n) is 7.75. The zero-order chi connectivity index (χ0) is 18.5. The largest absolute Gasteiger partial charge is 0.374 e. The number of nitrogens with zero attached hydrogens (tertiary/aromatic N) is 2. The van der Waals surface area contributed by atoms with Crippen molar-refractivity contribution in [3.8, 4) is 0 Å². The van der Waals surface area contributed by atoms with Crippen LogP contribution < -0.4 is 10.6 Å². The number of morpholine rings is 1. The van der Waals surface area contributed by atoms with E-state index in [0.29, 0.717) is 17.9 Å². The van der Waals surface area contributed by atoms with Gasteiger partial charge in [-0.2, -0.15) is 0 Å². The van der Waals surface area contributed by atoms with Crippen molar-refractivity contribution >= 4 is 41.5 Å². The number of aliphatic imine (C=N–C) groups is 1. The van der Waals surface area contributed by atoms with Crippen molar-refractivity contribution in [2.45, 2.75) is 38.3 Å². The smallest absolute Gasteiger partial charge is 0.191 e. The van der Waals surface area contributed by atoms with Gasteiger partial charge in [-0.05, 0) is 30.0 Å². The zero-order valence-electron chi connectivity index (χ0n) is 16.5. The summed E-state index contributed by atoms with van der Waals surface area (Å²) < 4.78 is 5.91. The van der Waals surface area contributed by atoms with E-state index in [4.69, 9.17) is 16.3 Å². The Kier molecular flexibility index (Phi) is 9.11. The van der Waals surface area contributed by atoms with E-state index >= 15 is 0 Å². The lowest BCUT2D eigenvalue weighted by Crippen LogP contribution is -2.50. The fraction of sp³-hybridized carbons (Fsp3) is 0.650. The first kappa shape index (κ1) is 22.7. The highest BCUT2D eigenvalue weighted by atomic mass is 127. The lowest BCUT2D eigenvalue weighted by Gasteiger charge is -2.34. The third-order valence-electron chi connectivity index (χ3n) is 4.96. The van der Waals surface area contributed by atoms with Gasteiger partial charge in [-0.15, -0.1) is 24.0 Å². The molecule has 1 saturated heterocycles. The molecule has 1 aliphatic carbocycles. The fourth-order valence-electron chi connectivity index (χ4n) is 3.63. The third-order valence-corrected chi connectivity index (χ3v) is 5.19. The normalized spacial score (nSPS) is 25.8. The Bertz CT molecular complexity index is 628. The molecule has 5 nitrogen and oxygen atoms in total. The number of hydrogen-bond donors (Lipinski definition) is 2. The number of guanidine groups is 1. The molecule has 0 amide bonds. The zero-order valence-corrected chi connectivity index (χ0v) is 19.5. The first-order chi connectivity index (χ1) is 12.5. The first-order valence-corrected chi connectivity index (χ1v) is 9.99. The predicted octanol–water partition coefficient (Wildman–Crippen LogP) is 3.34. The van der Waals surface area contributed by atoms with Gasteiger partial charge in [0.05, 0.1) is 12.7 Å². The molecule has 0 aromatic heterocycles. The van der Waals surface area contributed by atoms with Crippen molar-refractivity contribution in [3.63, 3.8) is 0 Å². The number of halogens is 2. The van der Waals surface area contributed by atoms with E-state index in [0.717, 1.165) is 50.2 Å². The number of rotatable bonds is 6. The van der Waals surface area contributed by atoms with Crippen molar-refractivity contribution in [1.29, 1.82) is 0 Å². The molecule has 1 aromatic carbocycles. The minimum absolute atomic E-state index is 0. The summed E-state index contributed by atoms with van der Waals surface area (Å²) in [6.07, 6.45) is 1.33. The highest BCUT2D eigenvalue weighted by molar-refractivity contribution is 14.0. The van der Waals surface area contributed by atoms with Crippen molar-refractivity contribution in [3.05, 3.63) is 34.9 Å². The minimum Gasteiger partial charge on any atom is -0.374 e. The molecule has 3 rings (SSSR count). The summed E-state index contributed by atoms with van der Waals surface area (Å²) in [7, 11) is 1.82. The summed E-state index contributed by atoms with van der Waals surface area (Å²) in [6.45, 7) is 9.27. The molecule has 0 spiro atoms. The van der Waals surface area contributed by atoms with Gasteiger partial charge < -0.3 is 15.4 Å². The Balaban J connectivity index is 0.00000261. The van der Waals surface area contributed by atoms with Crippen molar-refractivity contribution in [2.75, 3.05) is 39.8 Å². The molecule has 1 heterocycles. The second-order valence-corrected chi connectivity index (χ2v) is 8.18. The molecule has 1 aliphatic heterocycles. The van der Waals surface area contributed by atoms with E-state index in [2.05, 4.69) is 46.5 Å². The van der Waals surface area contributed by atoms with Gasteiger partial charge in [-0.25, -0.2) is 0 Å². The molecule has 2 N–H and O–H groups in total. The predicted molar refractivity (Wildman–Crippen MR) is 124 cm³/mol. The van der Waals surface area contributed by atoms with Gasteiger partial charge in [0, 0.05) is 50.2 Å². The Morgan fingerprint density at radius 1 is 1.41 bits per heavy atom. The Labute approximate surface area is 185 Å². The molecule has 2 fully saturated rings. The minimum atomic E-state index is 0. The van der Waals surface area contributed by atoms with Gasteiger partial charge in [-0.3, -0.25) is 9.89 Å². The van der Waals surface area contributed by atoms with Crippen LogP contribution in [0.15, 0.2) is 29.3 Å². The SMILES string of the molecule is CN=C(NCC1CN(CC(C)C)CCO1)NC1CC1c1cccc(Cl)c1.I. The summed E-state index contributed by atoms with van der Waals surface area (Å²) in [6, 6.07) is 8.56. The molecule has 7 heteroatoms. The summed E-state index contributed by atoms with van der Waals surface area (Å²) in [4.78, 5) is 6.86. The number of hydrogen-bond acceptors (Lipinski definition) is 3. The molecule has 3 atom stereocenters. The van der Waals surface area contributed by atoms with Crippen LogP contribution in [0.1, 0.15) is 31.7 Å². The standard InChI is InChI=1S/C20H31ClN4O.HI/c1-14(2)12-25-7-8-26-17(13-25)11-23-20(22-3)24-19-10-18(19)15-5-4-6-16(21)9-15;/h4-6,9,14,17-19H,7-8,10-13H2,1-3H3,(H2,22,23,24);1H. The lowest BCUT2D eigenvalue weighted by atomic mass is 10.1. The van der Waals surface area contributed by atoms with Gasteiger partial charge in [-0.1, -0.05) is 37.6 Å². The molecule has 2 aliphatic rings. The molecular weight excluding hydrogens is 475 g/mol. The quantitative estimate of drug-likeness (QED) is 0.353. The molecule has 3 unspecified atom stereocenters. The maximum Gasteiger partial charge on any atom is 0.191 e. The van der Waals surface area contributed by atoms with Crippen LogP contribution in [0.2, 0.25) is 5.02 Å². The average Bonchev–Trinajstić information content (AvgIpc) is 3.37. The molecule has 1 saturated carbocycles. The molecule has 0 radical (unpaired) electrons. The van der Waals surface area contributed by atoms with Crippen LogP contribution in [0.3, 0.4) is 0 Å². The summed E-state index contributed by atoms with van der Waals surface area (Å²) >= 11 is 6.10. The highest BCUT2D eigenvalue weighted by Crippen LogP contribution is 2.41. The molecule has 0 bridgehead atoms. The van der Waals surface area contributed by atoms with E-state index in [1.807, 2.05) is 19.2 Å². The second kappa shape index (κ2) is 10.8. The van der Waals surface area contributed by atoms with Crippen LogP contribution in [-0.2, 0) is 4.74 Å². The van der Waals surface area contributed by atoms with Gasteiger partial charge in [0.1, 0.15) is 0 Å².